The molecule has 9 nitrogen and oxygen atoms in total. The lowest BCUT2D eigenvalue weighted by Gasteiger charge is -2.40. The smallest absolute Gasteiger partial charge is 0.245 e. The summed E-state index contributed by atoms with van der Waals surface area (Å²) >= 11 is 0. The summed E-state index contributed by atoms with van der Waals surface area (Å²) in [5.41, 5.74) is 1.98. The minimum atomic E-state index is -0.217. The van der Waals surface area contributed by atoms with Crippen LogP contribution < -0.4 is 0 Å². The van der Waals surface area contributed by atoms with Gasteiger partial charge in [0, 0.05) is 44.2 Å². The molecule has 1 saturated heterocycles. The van der Waals surface area contributed by atoms with Crippen molar-refractivity contribution in [1.29, 1.82) is 0 Å². The highest BCUT2D eigenvalue weighted by Crippen LogP contribution is 2.28. The Morgan fingerprint density at radius 3 is 2.78 bits per heavy atom. The zero-order valence-electron chi connectivity index (χ0n) is 20.5. The summed E-state index contributed by atoms with van der Waals surface area (Å²) in [7, 11) is 0. The van der Waals surface area contributed by atoms with Crippen LogP contribution in [0.2, 0.25) is 0 Å². The number of carbonyl (C=O) groups excluding carboxylic acids is 2. The zero-order chi connectivity index (χ0) is 24.9. The van der Waals surface area contributed by atoms with Gasteiger partial charge in [-0.2, -0.15) is 0 Å². The van der Waals surface area contributed by atoms with Crippen molar-refractivity contribution in [1.82, 2.24) is 34.8 Å². The Morgan fingerprint density at radius 1 is 1.11 bits per heavy atom. The molecule has 36 heavy (non-hydrogen) atoms. The second kappa shape index (κ2) is 10.8. The molecular formula is C27H31N7O2. The van der Waals surface area contributed by atoms with Gasteiger partial charge in [-0.3, -0.25) is 14.5 Å². The van der Waals surface area contributed by atoms with E-state index >= 15 is 0 Å². The topological polar surface area (TPSA) is 100 Å². The maximum atomic E-state index is 13.3. The summed E-state index contributed by atoms with van der Waals surface area (Å²) < 4.78 is 1.55. The molecular weight excluding hydrogens is 454 g/mol. The van der Waals surface area contributed by atoms with E-state index in [2.05, 4.69) is 50.5 Å². The minimum absolute atomic E-state index is 0.0186. The SMILES string of the molecule is CCC(=O)CCCN1CCN(C(=O)Cn2ccnn2)C(c2ncc(-c3ccc4ccccc4c3)[nH]2)C1. The van der Waals surface area contributed by atoms with E-state index in [1.54, 1.807) is 17.1 Å². The third kappa shape index (κ3) is 5.36. The Kier molecular flexibility index (Phi) is 7.18. The fourth-order valence-corrected chi connectivity index (χ4v) is 4.81. The minimum Gasteiger partial charge on any atom is -0.340 e. The Hall–Kier alpha value is -3.85. The Morgan fingerprint density at radius 2 is 1.97 bits per heavy atom. The van der Waals surface area contributed by atoms with Crippen LogP contribution in [-0.2, 0) is 16.1 Å². The summed E-state index contributed by atoms with van der Waals surface area (Å²) in [6.45, 7) is 4.88. The predicted molar refractivity (Wildman–Crippen MR) is 137 cm³/mol. The number of piperazine rings is 1. The summed E-state index contributed by atoms with van der Waals surface area (Å²) in [6, 6.07) is 14.4. The molecule has 4 aromatic rings. The second-order valence-corrected chi connectivity index (χ2v) is 9.24. The molecule has 2 aromatic carbocycles. The average molecular weight is 486 g/mol. The van der Waals surface area contributed by atoms with Crippen LogP contribution in [0, 0.1) is 0 Å². The first-order valence-electron chi connectivity index (χ1n) is 12.5. The molecule has 186 valence electrons. The molecule has 2 aromatic heterocycles. The van der Waals surface area contributed by atoms with Gasteiger partial charge in [-0.1, -0.05) is 48.5 Å². The molecule has 1 unspecified atom stereocenters. The third-order valence-corrected chi connectivity index (χ3v) is 6.85. The number of aromatic nitrogens is 5. The molecule has 0 aliphatic carbocycles. The fourth-order valence-electron chi connectivity index (χ4n) is 4.81. The van der Waals surface area contributed by atoms with Crippen molar-refractivity contribution in [3.05, 3.63) is 66.9 Å². The highest BCUT2D eigenvalue weighted by molar-refractivity contribution is 5.86. The fraction of sp³-hybridized carbons (Fsp3) is 0.370. The van der Waals surface area contributed by atoms with Gasteiger partial charge in [0.15, 0.2) is 0 Å². The summed E-state index contributed by atoms with van der Waals surface area (Å²) in [5, 5.41) is 10.1. The molecule has 9 heteroatoms. The normalized spacial score (nSPS) is 16.5. The number of nitrogens with zero attached hydrogens (tertiary/aromatic N) is 6. The van der Waals surface area contributed by atoms with Crippen LogP contribution in [0.4, 0.5) is 0 Å². The van der Waals surface area contributed by atoms with Crippen LogP contribution in [0.15, 0.2) is 61.1 Å². The van der Waals surface area contributed by atoms with E-state index in [1.807, 2.05) is 30.2 Å². The molecule has 3 heterocycles. The Balaban J connectivity index is 1.36. The quantitative estimate of drug-likeness (QED) is 0.390. The number of imidazole rings is 1. The van der Waals surface area contributed by atoms with E-state index in [0.717, 1.165) is 36.6 Å². The number of nitrogens with one attached hydrogen (secondary N) is 1. The number of aromatic amines is 1. The van der Waals surface area contributed by atoms with Gasteiger partial charge in [0.25, 0.3) is 0 Å². The van der Waals surface area contributed by atoms with E-state index in [0.29, 0.717) is 31.7 Å². The van der Waals surface area contributed by atoms with Crippen LogP contribution >= 0.6 is 0 Å². The van der Waals surface area contributed by atoms with Crippen molar-refractivity contribution in [2.45, 2.75) is 38.8 Å². The first-order valence-corrected chi connectivity index (χ1v) is 12.5. The van der Waals surface area contributed by atoms with Gasteiger partial charge in [0.2, 0.25) is 5.91 Å². The molecule has 1 amide bonds. The third-order valence-electron chi connectivity index (χ3n) is 6.85. The van der Waals surface area contributed by atoms with Crippen molar-refractivity contribution in [2.75, 3.05) is 26.2 Å². The molecule has 1 aliphatic rings. The maximum absolute atomic E-state index is 13.3. The van der Waals surface area contributed by atoms with Crippen molar-refractivity contribution in [3.63, 3.8) is 0 Å². The van der Waals surface area contributed by atoms with Gasteiger partial charge in [0.1, 0.15) is 24.2 Å². The predicted octanol–water partition coefficient (Wildman–Crippen LogP) is 3.47. The van der Waals surface area contributed by atoms with Gasteiger partial charge in [-0.05, 0) is 29.8 Å². The van der Waals surface area contributed by atoms with Gasteiger partial charge in [-0.25, -0.2) is 9.67 Å². The molecule has 1 aliphatic heterocycles. The summed E-state index contributed by atoms with van der Waals surface area (Å²) in [5.74, 6) is 1.04. The van der Waals surface area contributed by atoms with Crippen molar-refractivity contribution < 1.29 is 9.59 Å². The van der Waals surface area contributed by atoms with Crippen LogP contribution in [-0.4, -0.2) is 72.6 Å². The molecule has 0 bridgehead atoms. The van der Waals surface area contributed by atoms with Gasteiger partial charge < -0.3 is 9.88 Å². The number of benzene rings is 2. The number of amides is 1. The molecule has 1 N–H and O–H groups in total. The Bertz CT molecular complexity index is 1330. The highest BCUT2D eigenvalue weighted by Gasteiger charge is 2.33. The van der Waals surface area contributed by atoms with Crippen molar-refractivity contribution >= 4 is 22.5 Å². The largest absolute Gasteiger partial charge is 0.340 e. The highest BCUT2D eigenvalue weighted by atomic mass is 16.2. The van der Waals surface area contributed by atoms with Crippen LogP contribution in [0.1, 0.15) is 38.1 Å². The number of hydrogen-bond acceptors (Lipinski definition) is 6. The molecule has 1 atom stereocenters. The molecule has 0 saturated carbocycles. The first kappa shape index (κ1) is 23.9. The van der Waals surface area contributed by atoms with Crippen molar-refractivity contribution in [2.24, 2.45) is 0 Å². The standard InChI is InChI=1S/C27H31N7O2/c1-2-23(35)8-5-12-32-14-15-34(26(36)19-33-13-11-29-31-33)25(18-32)27-28-17-24(30-27)22-10-9-20-6-3-4-7-21(20)16-22/h3-4,6-7,9-11,13,16-17,25H,2,5,8,12,14-15,18-19H2,1H3,(H,28,30). The van der Waals surface area contributed by atoms with Gasteiger partial charge >= 0.3 is 0 Å². The lowest BCUT2D eigenvalue weighted by molar-refractivity contribution is -0.137. The lowest BCUT2D eigenvalue weighted by atomic mass is 10.1. The maximum Gasteiger partial charge on any atom is 0.245 e. The Labute approximate surface area is 210 Å². The zero-order valence-corrected chi connectivity index (χ0v) is 20.5. The van der Waals surface area contributed by atoms with Crippen molar-refractivity contribution in [3.8, 4) is 11.3 Å². The van der Waals surface area contributed by atoms with E-state index in [9.17, 15) is 9.59 Å². The monoisotopic (exact) mass is 485 g/mol. The van der Waals surface area contributed by atoms with Crippen LogP contribution in [0.25, 0.3) is 22.0 Å². The molecule has 0 spiro atoms. The molecule has 0 radical (unpaired) electrons. The molecule has 5 rings (SSSR count). The van der Waals surface area contributed by atoms with E-state index in [4.69, 9.17) is 4.98 Å². The number of ketones is 1. The van der Waals surface area contributed by atoms with Crippen LogP contribution in [0.5, 0.6) is 0 Å². The summed E-state index contributed by atoms with van der Waals surface area (Å²) in [6.07, 6.45) is 7.11. The van der Waals surface area contributed by atoms with E-state index in [-0.39, 0.29) is 18.5 Å². The van der Waals surface area contributed by atoms with Gasteiger partial charge in [0.05, 0.1) is 18.1 Å². The number of hydrogen-bond donors (Lipinski definition) is 1. The lowest BCUT2D eigenvalue weighted by Crippen LogP contribution is -2.52. The summed E-state index contributed by atoms with van der Waals surface area (Å²) in [4.78, 5) is 37.4. The number of H-pyrrole nitrogens is 1. The van der Waals surface area contributed by atoms with Crippen LogP contribution in [0.3, 0.4) is 0 Å². The molecule has 1 fully saturated rings. The van der Waals surface area contributed by atoms with E-state index < -0.39 is 0 Å². The second-order valence-electron chi connectivity index (χ2n) is 9.24. The number of rotatable bonds is 9. The number of carbonyl (C=O) groups is 2. The average Bonchev–Trinajstić information content (AvgIpc) is 3.61. The first-order chi connectivity index (χ1) is 17.6. The number of fused-ring (bicyclic) bond motifs is 1. The van der Waals surface area contributed by atoms with E-state index in [1.165, 1.54) is 10.8 Å². The number of Topliss-reactive ketones (excluding diaryl/α,β-unsaturated/α-hetero) is 1. The van der Waals surface area contributed by atoms with Gasteiger partial charge in [-0.15, -0.1) is 5.10 Å².